The predicted molar refractivity (Wildman–Crippen MR) is 60.5 cm³/mol. The molecule has 0 aromatic heterocycles. The molecule has 0 bridgehead atoms. The zero-order chi connectivity index (χ0) is 14.3. The van der Waals surface area contributed by atoms with Crippen molar-refractivity contribution in [3.05, 3.63) is 29.3 Å². The lowest BCUT2D eigenvalue weighted by Gasteiger charge is -2.20. The van der Waals surface area contributed by atoms with Crippen LogP contribution in [0.25, 0.3) is 0 Å². The van der Waals surface area contributed by atoms with Crippen LogP contribution in [0.15, 0.2) is 28.4 Å². The van der Waals surface area contributed by atoms with Gasteiger partial charge in [-0.05, 0) is 25.1 Å². The fourth-order valence-electron chi connectivity index (χ4n) is 1.75. The summed E-state index contributed by atoms with van der Waals surface area (Å²) in [4.78, 5) is 11.8. The van der Waals surface area contributed by atoms with Crippen molar-refractivity contribution in [3.63, 3.8) is 0 Å². The number of fused-ring (bicyclic) bond motifs is 1. The Bertz CT molecular complexity index is 555. The van der Waals surface area contributed by atoms with Gasteiger partial charge in [0.15, 0.2) is 0 Å². The van der Waals surface area contributed by atoms with E-state index in [9.17, 15) is 18.0 Å². The molecule has 0 spiro atoms. The number of hydrogen-bond donors (Lipinski definition) is 2. The molecular weight excluding hydrogens is 261 g/mol. The van der Waals surface area contributed by atoms with Gasteiger partial charge in [-0.3, -0.25) is 10.5 Å². The number of nitrogens with one attached hydrogen (secondary N) is 1. The van der Waals surface area contributed by atoms with E-state index >= 15 is 0 Å². The summed E-state index contributed by atoms with van der Waals surface area (Å²) in [6, 6.07) is 2.83. The molecule has 1 aromatic carbocycles. The molecule has 1 aromatic rings. The van der Waals surface area contributed by atoms with Crippen LogP contribution in [0.1, 0.15) is 18.1 Å². The van der Waals surface area contributed by atoms with E-state index in [0.29, 0.717) is 6.54 Å². The van der Waals surface area contributed by atoms with Gasteiger partial charge in [0.05, 0.1) is 11.3 Å². The maximum atomic E-state index is 12.7. The molecule has 8 heteroatoms. The van der Waals surface area contributed by atoms with E-state index in [4.69, 9.17) is 5.73 Å². The van der Waals surface area contributed by atoms with E-state index < -0.39 is 23.3 Å². The Morgan fingerprint density at radius 3 is 2.74 bits per heavy atom. The lowest BCUT2D eigenvalue weighted by Crippen LogP contribution is -2.48. The number of nitrogens with two attached hydrogens (primary N) is 1. The molecule has 1 heterocycles. The van der Waals surface area contributed by atoms with Gasteiger partial charge in [-0.25, -0.2) is 0 Å². The fraction of sp³-hybridized carbons (Fsp3) is 0.364. The van der Waals surface area contributed by atoms with Crippen molar-refractivity contribution < 1.29 is 18.0 Å². The third-order valence-corrected chi connectivity index (χ3v) is 2.73. The summed E-state index contributed by atoms with van der Waals surface area (Å²) in [6.07, 6.45) is -4.51. The van der Waals surface area contributed by atoms with E-state index in [1.165, 1.54) is 0 Å². The third kappa shape index (κ3) is 2.19. The molecule has 0 aliphatic carbocycles. The maximum Gasteiger partial charge on any atom is 0.416 e. The Morgan fingerprint density at radius 1 is 1.47 bits per heavy atom. The summed E-state index contributed by atoms with van der Waals surface area (Å²) < 4.78 is 38.0. The van der Waals surface area contributed by atoms with E-state index in [0.717, 1.165) is 18.2 Å². The number of azo groups is 1. The molecule has 1 atom stereocenters. The molecule has 1 aliphatic heterocycles. The van der Waals surface area contributed by atoms with Gasteiger partial charge in [0, 0.05) is 12.1 Å². The molecule has 19 heavy (non-hydrogen) atoms. The summed E-state index contributed by atoms with van der Waals surface area (Å²) in [7, 11) is 0. The smallest absolute Gasteiger partial charge is 0.353 e. The van der Waals surface area contributed by atoms with Crippen LogP contribution >= 0.6 is 0 Å². The Hall–Kier alpha value is -1.96. The quantitative estimate of drug-likeness (QED) is 0.864. The van der Waals surface area contributed by atoms with Gasteiger partial charge in [0.2, 0.25) is 5.66 Å². The molecular formula is C11H11F3N4O. The molecule has 3 N–H and O–H groups in total. The highest BCUT2D eigenvalue weighted by molar-refractivity contribution is 5.89. The van der Waals surface area contributed by atoms with Gasteiger partial charge in [-0.1, -0.05) is 0 Å². The first-order chi connectivity index (χ1) is 8.79. The van der Waals surface area contributed by atoms with Crippen LogP contribution in [-0.2, 0) is 16.6 Å². The van der Waals surface area contributed by atoms with Gasteiger partial charge in [0.25, 0.3) is 5.91 Å². The highest BCUT2D eigenvalue weighted by atomic mass is 19.4. The van der Waals surface area contributed by atoms with Gasteiger partial charge in [-0.2, -0.15) is 23.4 Å². The number of halogens is 3. The molecule has 2 rings (SSSR count). The van der Waals surface area contributed by atoms with Crippen molar-refractivity contribution in [1.82, 2.24) is 5.32 Å². The number of benzene rings is 1. The van der Waals surface area contributed by atoms with Gasteiger partial charge in [0.1, 0.15) is 0 Å². The highest BCUT2D eigenvalue weighted by Gasteiger charge is 2.43. The molecule has 1 aliphatic rings. The summed E-state index contributed by atoms with van der Waals surface area (Å²) >= 11 is 0. The van der Waals surface area contributed by atoms with Gasteiger partial charge >= 0.3 is 6.18 Å². The zero-order valence-corrected chi connectivity index (χ0v) is 9.95. The van der Waals surface area contributed by atoms with Crippen LogP contribution in [0.3, 0.4) is 0 Å². The largest absolute Gasteiger partial charge is 0.416 e. The minimum absolute atomic E-state index is 0.0479. The van der Waals surface area contributed by atoms with Crippen molar-refractivity contribution in [2.75, 3.05) is 6.54 Å². The van der Waals surface area contributed by atoms with Crippen molar-refractivity contribution in [2.45, 2.75) is 18.8 Å². The first-order valence-electron chi connectivity index (χ1n) is 5.51. The predicted octanol–water partition coefficient (Wildman–Crippen LogP) is 2.05. The third-order valence-electron chi connectivity index (χ3n) is 2.73. The average Bonchev–Trinajstić information content (AvgIpc) is 2.67. The number of nitrogens with zero attached hydrogens (tertiary/aromatic N) is 2. The van der Waals surface area contributed by atoms with Crippen LogP contribution in [0.2, 0.25) is 0 Å². The molecule has 5 nitrogen and oxygen atoms in total. The topological polar surface area (TPSA) is 79.8 Å². The minimum atomic E-state index is -4.51. The van der Waals surface area contributed by atoms with Crippen LogP contribution in [0.4, 0.5) is 18.9 Å². The first kappa shape index (κ1) is 13.5. The summed E-state index contributed by atoms with van der Waals surface area (Å²) in [5.41, 5.74) is 3.11. The fourth-order valence-corrected chi connectivity index (χ4v) is 1.75. The Labute approximate surface area is 106 Å². The van der Waals surface area contributed by atoms with Crippen molar-refractivity contribution in [1.29, 1.82) is 0 Å². The second-order valence-electron chi connectivity index (χ2n) is 4.06. The number of carbonyl (C=O) groups excluding carboxylic acids is 1. The van der Waals surface area contributed by atoms with Crippen LogP contribution < -0.4 is 11.1 Å². The Kier molecular flexibility index (Phi) is 3.05. The monoisotopic (exact) mass is 272 g/mol. The van der Waals surface area contributed by atoms with Crippen molar-refractivity contribution in [2.24, 2.45) is 16.0 Å². The molecule has 0 saturated carbocycles. The maximum absolute atomic E-state index is 12.7. The molecule has 1 amide bonds. The second-order valence-corrected chi connectivity index (χ2v) is 4.06. The van der Waals surface area contributed by atoms with Crippen LogP contribution in [-0.4, -0.2) is 12.5 Å². The normalized spacial score (nSPS) is 21.3. The Balaban J connectivity index is 2.48. The summed E-state index contributed by atoms with van der Waals surface area (Å²) in [5.74, 6) is -0.683. The minimum Gasteiger partial charge on any atom is -0.353 e. The lowest BCUT2D eigenvalue weighted by molar-refractivity contribution is -0.137. The van der Waals surface area contributed by atoms with Crippen LogP contribution in [0, 0.1) is 0 Å². The summed E-state index contributed by atoms with van der Waals surface area (Å²) in [6.45, 7) is 1.96. The van der Waals surface area contributed by atoms with Gasteiger partial charge < -0.3 is 5.32 Å². The van der Waals surface area contributed by atoms with E-state index in [1.54, 1.807) is 6.92 Å². The first-order valence-corrected chi connectivity index (χ1v) is 5.51. The Morgan fingerprint density at radius 2 is 2.16 bits per heavy atom. The van der Waals surface area contributed by atoms with Gasteiger partial charge in [-0.15, -0.1) is 0 Å². The average molecular weight is 272 g/mol. The molecule has 102 valence electrons. The number of rotatable bonds is 2. The van der Waals surface area contributed by atoms with Crippen molar-refractivity contribution >= 4 is 11.6 Å². The number of hydrogen-bond acceptors (Lipinski definition) is 4. The number of amides is 1. The second kappa shape index (κ2) is 4.30. The van der Waals surface area contributed by atoms with E-state index in [-0.39, 0.29) is 11.3 Å². The molecule has 1 unspecified atom stereocenters. The molecule has 0 radical (unpaired) electrons. The number of alkyl halides is 3. The zero-order valence-electron chi connectivity index (χ0n) is 9.95. The van der Waals surface area contributed by atoms with Crippen LogP contribution in [0.5, 0.6) is 0 Å². The standard InChI is InChI=1S/C11H11F3N4O/c1-2-16-9(19)10(15)7-5-6(11(12,13)14)3-4-8(7)17-18-10/h3-5H,2,15H2,1H3,(H,16,19). The molecule has 0 saturated heterocycles. The van der Waals surface area contributed by atoms with Crippen molar-refractivity contribution in [3.8, 4) is 0 Å². The number of likely N-dealkylation sites (N-methyl/N-ethyl adjacent to an activating group) is 1. The highest BCUT2D eigenvalue weighted by Crippen LogP contribution is 2.41. The summed E-state index contributed by atoms with van der Waals surface area (Å²) in [5, 5.41) is 9.68. The number of carbonyl (C=O) groups is 1. The van der Waals surface area contributed by atoms with E-state index in [1.807, 2.05) is 0 Å². The SMILES string of the molecule is CCNC(=O)C1(N)N=Nc2ccc(C(F)(F)F)cc21. The van der Waals surface area contributed by atoms with E-state index in [2.05, 4.69) is 15.5 Å². The lowest BCUT2D eigenvalue weighted by atomic mass is 9.97. The molecule has 0 fully saturated rings.